The monoisotopic (exact) mass is 375 g/mol. The Morgan fingerprint density at radius 3 is 2.04 bits per heavy atom. The molecule has 0 spiro atoms. The summed E-state index contributed by atoms with van der Waals surface area (Å²) in [6, 6.07) is 16.2. The average molecular weight is 376 g/mol. The number of carbonyl (C=O) groups excluding carboxylic acids is 2. The highest BCUT2D eigenvalue weighted by molar-refractivity contribution is 6.04. The molecule has 0 aliphatic rings. The van der Waals surface area contributed by atoms with E-state index in [0.717, 1.165) is 31.4 Å². The minimum atomic E-state index is -0.177. The maximum Gasteiger partial charge on any atom is 0.255 e. The third-order valence-corrected chi connectivity index (χ3v) is 3.82. The highest BCUT2D eigenvalue weighted by Gasteiger charge is 2.07. The first kappa shape index (κ1) is 21.7. The van der Waals surface area contributed by atoms with Crippen LogP contribution in [0.1, 0.15) is 42.5 Å². The lowest BCUT2D eigenvalue weighted by atomic mass is 10.1. The minimum Gasteiger partial charge on any atom is -0.330 e. The van der Waals surface area contributed by atoms with Gasteiger partial charge in [-0.3, -0.25) is 9.59 Å². The van der Waals surface area contributed by atoms with Gasteiger partial charge in [0.05, 0.1) is 0 Å². The molecule has 140 valence electrons. The van der Waals surface area contributed by atoms with Gasteiger partial charge in [0, 0.05) is 23.4 Å². The van der Waals surface area contributed by atoms with Crippen LogP contribution in [-0.2, 0) is 4.79 Å². The Balaban J connectivity index is 0.00000338. The normalized spacial score (nSPS) is 9.88. The number of hydrogen-bond acceptors (Lipinski definition) is 3. The minimum absolute atomic E-state index is 0. The Kier molecular flexibility index (Phi) is 10.1. The first-order chi connectivity index (χ1) is 12.2. The smallest absolute Gasteiger partial charge is 0.255 e. The molecule has 2 aromatic rings. The quantitative estimate of drug-likeness (QED) is 0.574. The van der Waals surface area contributed by atoms with Crippen LogP contribution in [0.15, 0.2) is 54.6 Å². The summed E-state index contributed by atoms with van der Waals surface area (Å²) in [5, 5.41) is 5.68. The summed E-state index contributed by atoms with van der Waals surface area (Å²) in [6.45, 7) is 0.705. The number of halogens is 1. The van der Waals surface area contributed by atoms with Gasteiger partial charge in [0.1, 0.15) is 0 Å². The lowest BCUT2D eigenvalue weighted by Crippen LogP contribution is -2.13. The van der Waals surface area contributed by atoms with Crippen molar-refractivity contribution in [2.75, 3.05) is 17.2 Å². The van der Waals surface area contributed by atoms with E-state index >= 15 is 0 Å². The SMILES string of the molecule is Cl.NCCCCCCC(=O)Nc1ccc(C(=O)Nc2ccccc2)cc1. The van der Waals surface area contributed by atoms with Crippen LogP contribution in [0.2, 0.25) is 0 Å². The summed E-state index contributed by atoms with van der Waals surface area (Å²) in [6.07, 6.45) is 4.45. The summed E-state index contributed by atoms with van der Waals surface area (Å²) in [7, 11) is 0. The number of nitrogens with one attached hydrogen (secondary N) is 2. The molecule has 0 heterocycles. The molecule has 2 aromatic carbocycles. The standard InChI is InChI=1S/C20H25N3O2.ClH/c21-15-7-2-1-6-10-19(24)22-18-13-11-16(12-14-18)20(25)23-17-8-4-3-5-9-17;/h3-5,8-9,11-14H,1-2,6-7,10,15,21H2,(H,22,24)(H,23,25);1H. The van der Waals surface area contributed by atoms with Crippen LogP contribution in [0, 0.1) is 0 Å². The fourth-order valence-corrected chi connectivity index (χ4v) is 2.44. The predicted molar refractivity (Wildman–Crippen MR) is 109 cm³/mol. The number of amides is 2. The van der Waals surface area contributed by atoms with E-state index in [1.54, 1.807) is 24.3 Å². The van der Waals surface area contributed by atoms with Crippen molar-refractivity contribution >= 4 is 35.6 Å². The summed E-state index contributed by atoms with van der Waals surface area (Å²) < 4.78 is 0. The zero-order valence-electron chi connectivity index (χ0n) is 14.7. The van der Waals surface area contributed by atoms with E-state index in [1.165, 1.54) is 0 Å². The average Bonchev–Trinajstić information content (AvgIpc) is 2.63. The molecule has 0 saturated carbocycles. The number of unbranched alkanes of at least 4 members (excludes halogenated alkanes) is 3. The molecule has 2 rings (SSSR count). The number of carbonyl (C=O) groups is 2. The second kappa shape index (κ2) is 12.1. The summed E-state index contributed by atoms with van der Waals surface area (Å²) in [5.74, 6) is -0.182. The van der Waals surface area contributed by atoms with E-state index in [-0.39, 0.29) is 24.2 Å². The zero-order valence-corrected chi connectivity index (χ0v) is 15.6. The van der Waals surface area contributed by atoms with Crippen LogP contribution in [0.5, 0.6) is 0 Å². The van der Waals surface area contributed by atoms with Gasteiger partial charge >= 0.3 is 0 Å². The fourth-order valence-electron chi connectivity index (χ4n) is 2.44. The summed E-state index contributed by atoms with van der Waals surface area (Å²) >= 11 is 0. The van der Waals surface area contributed by atoms with Gasteiger partial charge in [0.15, 0.2) is 0 Å². The van der Waals surface area contributed by atoms with Crippen molar-refractivity contribution in [2.45, 2.75) is 32.1 Å². The molecule has 0 radical (unpaired) electrons. The summed E-state index contributed by atoms with van der Waals surface area (Å²) in [5.41, 5.74) is 7.43. The van der Waals surface area contributed by atoms with Crippen LogP contribution in [0.3, 0.4) is 0 Å². The molecular formula is C20H26ClN3O2. The maximum atomic E-state index is 12.2. The van der Waals surface area contributed by atoms with Gasteiger partial charge in [-0.2, -0.15) is 0 Å². The molecule has 0 aromatic heterocycles. The Morgan fingerprint density at radius 2 is 1.38 bits per heavy atom. The van der Waals surface area contributed by atoms with Gasteiger partial charge in [-0.1, -0.05) is 31.0 Å². The molecule has 0 atom stereocenters. The molecule has 2 amide bonds. The highest BCUT2D eigenvalue weighted by Crippen LogP contribution is 2.13. The van der Waals surface area contributed by atoms with Crippen LogP contribution < -0.4 is 16.4 Å². The Bertz CT molecular complexity index is 675. The Morgan fingerprint density at radius 1 is 0.769 bits per heavy atom. The number of rotatable bonds is 9. The van der Waals surface area contributed by atoms with Crippen LogP contribution in [0.25, 0.3) is 0 Å². The van der Waals surface area contributed by atoms with E-state index in [9.17, 15) is 9.59 Å². The molecule has 5 nitrogen and oxygen atoms in total. The largest absolute Gasteiger partial charge is 0.330 e. The third kappa shape index (κ3) is 7.68. The van der Waals surface area contributed by atoms with Crippen molar-refractivity contribution in [2.24, 2.45) is 5.73 Å². The number of anilines is 2. The van der Waals surface area contributed by atoms with E-state index in [2.05, 4.69) is 10.6 Å². The molecule has 26 heavy (non-hydrogen) atoms. The molecule has 0 unspecified atom stereocenters. The number of nitrogens with two attached hydrogens (primary N) is 1. The molecule has 0 aliphatic heterocycles. The van der Waals surface area contributed by atoms with E-state index in [4.69, 9.17) is 5.73 Å². The predicted octanol–water partition coefficient (Wildman–Crippen LogP) is 4.21. The lowest BCUT2D eigenvalue weighted by molar-refractivity contribution is -0.116. The van der Waals surface area contributed by atoms with Crippen molar-refractivity contribution in [3.8, 4) is 0 Å². The third-order valence-electron chi connectivity index (χ3n) is 3.82. The van der Waals surface area contributed by atoms with Gasteiger partial charge in [0.2, 0.25) is 5.91 Å². The van der Waals surface area contributed by atoms with Gasteiger partial charge in [-0.25, -0.2) is 0 Å². The molecule has 4 N–H and O–H groups in total. The molecule has 6 heteroatoms. The van der Waals surface area contributed by atoms with Gasteiger partial charge in [0.25, 0.3) is 5.91 Å². The Hall–Kier alpha value is -2.37. The molecular weight excluding hydrogens is 350 g/mol. The van der Waals surface area contributed by atoms with E-state index in [0.29, 0.717) is 24.2 Å². The van der Waals surface area contributed by atoms with E-state index < -0.39 is 0 Å². The van der Waals surface area contributed by atoms with Gasteiger partial charge < -0.3 is 16.4 Å². The molecule has 0 aliphatic carbocycles. The van der Waals surface area contributed by atoms with Crippen molar-refractivity contribution in [3.05, 3.63) is 60.2 Å². The number of benzene rings is 2. The number of para-hydroxylation sites is 1. The fraction of sp³-hybridized carbons (Fsp3) is 0.300. The molecule has 0 bridgehead atoms. The van der Waals surface area contributed by atoms with Gasteiger partial charge in [-0.15, -0.1) is 12.4 Å². The second-order valence-corrected chi connectivity index (χ2v) is 5.90. The second-order valence-electron chi connectivity index (χ2n) is 5.90. The van der Waals surface area contributed by atoms with Crippen molar-refractivity contribution in [3.63, 3.8) is 0 Å². The summed E-state index contributed by atoms with van der Waals surface area (Å²) in [4.78, 5) is 24.1. The highest BCUT2D eigenvalue weighted by atomic mass is 35.5. The number of hydrogen-bond donors (Lipinski definition) is 3. The topological polar surface area (TPSA) is 84.2 Å². The first-order valence-electron chi connectivity index (χ1n) is 8.65. The lowest BCUT2D eigenvalue weighted by Gasteiger charge is -2.08. The zero-order chi connectivity index (χ0) is 17.9. The molecule has 0 fully saturated rings. The molecule has 0 saturated heterocycles. The van der Waals surface area contributed by atoms with Crippen molar-refractivity contribution < 1.29 is 9.59 Å². The van der Waals surface area contributed by atoms with E-state index in [1.807, 2.05) is 30.3 Å². The van der Waals surface area contributed by atoms with Crippen LogP contribution >= 0.6 is 12.4 Å². The van der Waals surface area contributed by atoms with Gasteiger partial charge in [-0.05, 0) is 55.8 Å². The Labute approximate surface area is 160 Å². The van der Waals surface area contributed by atoms with Crippen LogP contribution in [-0.4, -0.2) is 18.4 Å². The van der Waals surface area contributed by atoms with Crippen molar-refractivity contribution in [1.29, 1.82) is 0 Å². The maximum absolute atomic E-state index is 12.2. The van der Waals surface area contributed by atoms with Crippen molar-refractivity contribution in [1.82, 2.24) is 0 Å². The first-order valence-corrected chi connectivity index (χ1v) is 8.65. The van der Waals surface area contributed by atoms with Crippen LogP contribution in [0.4, 0.5) is 11.4 Å².